The zero-order chi connectivity index (χ0) is 16.6. The van der Waals surface area contributed by atoms with Crippen LogP contribution in [-0.2, 0) is 16.1 Å². The fourth-order valence-electron chi connectivity index (χ4n) is 2.96. The molecule has 120 valence electrons. The minimum absolute atomic E-state index is 0.129. The Labute approximate surface area is 132 Å². The molecule has 0 radical (unpaired) electrons. The number of aromatic nitrogens is 2. The summed E-state index contributed by atoms with van der Waals surface area (Å²) in [5, 5.41) is 5.57. The lowest BCUT2D eigenvalue weighted by Gasteiger charge is -2.16. The van der Waals surface area contributed by atoms with E-state index in [1.165, 1.54) is 4.68 Å². The maximum atomic E-state index is 12.5. The summed E-state index contributed by atoms with van der Waals surface area (Å²) in [7, 11) is 0. The number of hydrogen-bond donors (Lipinski definition) is 1. The maximum Gasteiger partial charge on any atom is 0.275 e. The third-order valence-corrected chi connectivity index (χ3v) is 4.28. The number of nitrogens with two attached hydrogens (primary N) is 1. The topological polar surface area (TPSA) is 98.3 Å². The molecule has 1 atom stereocenters. The van der Waals surface area contributed by atoms with Crippen molar-refractivity contribution in [2.75, 3.05) is 13.1 Å². The molecule has 3 rings (SSSR count). The SMILES string of the molecule is Cc1nn(CC(=O)N2CC[C@H](C(N)=O)C2)c(=O)c2ccccc12. The Bertz CT molecular complexity index is 843. The number of nitrogens with zero attached hydrogens (tertiary/aromatic N) is 3. The van der Waals surface area contributed by atoms with Crippen molar-refractivity contribution in [2.24, 2.45) is 11.7 Å². The van der Waals surface area contributed by atoms with Crippen LogP contribution >= 0.6 is 0 Å². The average Bonchev–Trinajstić information content (AvgIpc) is 3.03. The second-order valence-electron chi connectivity index (χ2n) is 5.82. The highest BCUT2D eigenvalue weighted by Crippen LogP contribution is 2.16. The van der Waals surface area contributed by atoms with Gasteiger partial charge in [-0.15, -0.1) is 0 Å². The van der Waals surface area contributed by atoms with Gasteiger partial charge in [0.25, 0.3) is 5.56 Å². The van der Waals surface area contributed by atoms with Crippen molar-refractivity contribution < 1.29 is 9.59 Å². The highest BCUT2D eigenvalue weighted by atomic mass is 16.2. The first kappa shape index (κ1) is 15.2. The molecule has 7 heteroatoms. The van der Waals surface area contributed by atoms with Gasteiger partial charge in [0.05, 0.1) is 17.0 Å². The van der Waals surface area contributed by atoms with E-state index in [2.05, 4.69) is 5.10 Å². The van der Waals surface area contributed by atoms with Crippen LogP contribution in [0.5, 0.6) is 0 Å². The van der Waals surface area contributed by atoms with Gasteiger partial charge in [0.1, 0.15) is 6.54 Å². The molecule has 0 spiro atoms. The zero-order valence-electron chi connectivity index (χ0n) is 12.9. The molecule has 2 N–H and O–H groups in total. The molecule has 1 fully saturated rings. The standard InChI is InChI=1S/C16H18N4O3/c1-10-12-4-2-3-5-13(12)16(23)20(18-10)9-14(21)19-7-6-11(8-19)15(17)22/h2-5,11H,6-9H2,1H3,(H2,17,22)/t11-/m0/s1. The fraction of sp³-hybridized carbons (Fsp3) is 0.375. The number of fused-ring (bicyclic) bond motifs is 1. The number of hydrogen-bond acceptors (Lipinski definition) is 4. The predicted molar refractivity (Wildman–Crippen MR) is 84.6 cm³/mol. The molecule has 1 saturated heterocycles. The van der Waals surface area contributed by atoms with Gasteiger partial charge in [0.2, 0.25) is 11.8 Å². The summed E-state index contributed by atoms with van der Waals surface area (Å²) in [6.45, 7) is 2.47. The van der Waals surface area contributed by atoms with E-state index in [0.717, 1.165) is 5.39 Å². The highest BCUT2D eigenvalue weighted by molar-refractivity contribution is 5.84. The molecular formula is C16H18N4O3. The predicted octanol–water partition coefficient (Wildman–Crippen LogP) is 0.0387. The molecule has 7 nitrogen and oxygen atoms in total. The summed E-state index contributed by atoms with van der Waals surface area (Å²) in [5.74, 6) is -0.919. The number of aryl methyl sites for hydroxylation is 1. The molecule has 2 amide bonds. The summed E-state index contributed by atoms with van der Waals surface area (Å²) < 4.78 is 1.19. The molecular weight excluding hydrogens is 296 g/mol. The van der Waals surface area contributed by atoms with Crippen molar-refractivity contribution >= 4 is 22.6 Å². The maximum absolute atomic E-state index is 12.5. The smallest absolute Gasteiger partial charge is 0.275 e. The number of benzene rings is 1. The Morgan fingerprint density at radius 2 is 2.00 bits per heavy atom. The molecule has 1 aromatic heterocycles. The Morgan fingerprint density at radius 1 is 1.30 bits per heavy atom. The molecule has 0 aliphatic carbocycles. The third-order valence-electron chi connectivity index (χ3n) is 4.28. The molecule has 1 aromatic carbocycles. The number of rotatable bonds is 3. The highest BCUT2D eigenvalue weighted by Gasteiger charge is 2.29. The van der Waals surface area contributed by atoms with Crippen molar-refractivity contribution in [1.82, 2.24) is 14.7 Å². The largest absolute Gasteiger partial charge is 0.369 e. The summed E-state index contributed by atoms with van der Waals surface area (Å²) in [5.41, 5.74) is 5.69. The fourth-order valence-corrected chi connectivity index (χ4v) is 2.96. The molecule has 0 bridgehead atoms. The molecule has 23 heavy (non-hydrogen) atoms. The van der Waals surface area contributed by atoms with Gasteiger partial charge in [0.15, 0.2) is 0 Å². The van der Waals surface area contributed by atoms with Crippen molar-refractivity contribution in [3.8, 4) is 0 Å². The third kappa shape index (κ3) is 2.81. The number of carbonyl (C=O) groups is 2. The van der Waals surface area contributed by atoms with Crippen LogP contribution in [0.4, 0.5) is 0 Å². The van der Waals surface area contributed by atoms with E-state index in [1.807, 2.05) is 19.1 Å². The Morgan fingerprint density at radius 3 is 2.65 bits per heavy atom. The second kappa shape index (κ2) is 5.83. The average molecular weight is 314 g/mol. The van der Waals surface area contributed by atoms with Crippen LogP contribution in [0.1, 0.15) is 12.1 Å². The van der Waals surface area contributed by atoms with E-state index in [9.17, 15) is 14.4 Å². The number of primary amides is 1. The molecule has 1 aliphatic rings. The lowest BCUT2D eigenvalue weighted by atomic mass is 10.1. The number of amides is 2. The van der Waals surface area contributed by atoms with Gasteiger partial charge in [0, 0.05) is 18.5 Å². The first-order valence-electron chi connectivity index (χ1n) is 7.51. The van der Waals surface area contributed by atoms with E-state index >= 15 is 0 Å². The molecule has 1 aliphatic heterocycles. The Hall–Kier alpha value is -2.70. The van der Waals surface area contributed by atoms with E-state index in [1.54, 1.807) is 17.0 Å². The lowest BCUT2D eigenvalue weighted by Crippen LogP contribution is -2.37. The molecule has 0 unspecified atom stereocenters. The quantitative estimate of drug-likeness (QED) is 0.864. The van der Waals surface area contributed by atoms with Crippen molar-refractivity contribution in [2.45, 2.75) is 19.9 Å². The van der Waals surface area contributed by atoms with Crippen LogP contribution in [-0.4, -0.2) is 39.6 Å². The number of likely N-dealkylation sites (tertiary alicyclic amines) is 1. The Balaban J connectivity index is 1.85. The van der Waals surface area contributed by atoms with Gasteiger partial charge >= 0.3 is 0 Å². The van der Waals surface area contributed by atoms with Crippen LogP contribution in [0.3, 0.4) is 0 Å². The van der Waals surface area contributed by atoms with Crippen LogP contribution in [0.15, 0.2) is 29.1 Å². The van der Waals surface area contributed by atoms with Gasteiger partial charge in [-0.05, 0) is 19.4 Å². The molecule has 0 saturated carbocycles. The summed E-state index contributed by atoms with van der Waals surface area (Å²) >= 11 is 0. The summed E-state index contributed by atoms with van der Waals surface area (Å²) in [4.78, 5) is 37.6. The van der Waals surface area contributed by atoms with Gasteiger partial charge < -0.3 is 10.6 Å². The monoisotopic (exact) mass is 314 g/mol. The lowest BCUT2D eigenvalue weighted by molar-refractivity contribution is -0.131. The number of carbonyl (C=O) groups excluding carboxylic acids is 2. The first-order valence-corrected chi connectivity index (χ1v) is 7.51. The Kier molecular flexibility index (Phi) is 3.85. The normalized spacial score (nSPS) is 17.6. The minimum atomic E-state index is -0.392. The van der Waals surface area contributed by atoms with Gasteiger partial charge in [-0.25, -0.2) is 4.68 Å². The van der Waals surface area contributed by atoms with Gasteiger partial charge in [-0.3, -0.25) is 14.4 Å². The van der Waals surface area contributed by atoms with Crippen LogP contribution in [0.25, 0.3) is 10.8 Å². The van der Waals surface area contributed by atoms with Crippen LogP contribution < -0.4 is 11.3 Å². The molecule has 2 heterocycles. The second-order valence-corrected chi connectivity index (χ2v) is 5.82. The van der Waals surface area contributed by atoms with Crippen molar-refractivity contribution in [3.05, 3.63) is 40.3 Å². The zero-order valence-corrected chi connectivity index (χ0v) is 12.9. The summed E-state index contributed by atoms with van der Waals surface area (Å²) in [6.07, 6.45) is 0.570. The van der Waals surface area contributed by atoms with E-state index in [-0.39, 0.29) is 23.9 Å². The summed E-state index contributed by atoms with van der Waals surface area (Å²) in [6, 6.07) is 7.20. The van der Waals surface area contributed by atoms with Crippen molar-refractivity contribution in [3.63, 3.8) is 0 Å². The van der Waals surface area contributed by atoms with Gasteiger partial charge in [-0.1, -0.05) is 18.2 Å². The molecule has 2 aromatic rings. The van der Waals surface area contributed by atoms with Crippen molar-refractivity contribution in [1.29, 1.82) is 0 Å². The van der Waals surface area contributed by atoms with Gasteiger partial charge in [-0.2, -0.15) is 5.10 Å². The van der Waals surface area contributed by atoms with E-state index in [0.29, 0.717) is 30.6 Å². The van der Waals surface area contributed by atoms with Crippen LogP contribution in [0, 0.1) is 12.8 Å². The van der Waals surface area contributed by atoms with E-state index < -0.39 is 5.91 Å². The van der Waals surface area contributed by atoms with Crippen LogP contribution in [0.2, 0.25) is 0 Å². The van der Waals surface area contributed by atoms with E-state index in [4.69, 9.17) is 5.73 Å². The first-order chi connectivity index (χ1) is 11.0. The minimum Gasteiger partial charge on any atom is -0.369 e.